The molecular weight excluding hydrogens is 380 g/mol. The molecule has 5 rings (SSSR count). The van der Waals surface area contributed by atoms with Gasteiger partial charge in [0.25, 0.3) is 0 Å². The molecule has 1 aliphatic carbocycles. The van der Waals surface area contributed by atoms with E-state index in [1.807, 2.05) is 55.5 Å². The lowest BCUT2D eigenvalue weighted by atomic mass is 9.94. The zero-order valence-corrected chi connectivity index (χ0v) is 16.9. The summed E-state index contributed by atoms with van der Waals surface area (Å²) in [6, 6.07) is 15.5. The number of hydrogen-bond acceptors (Lipinski definition) is 5. The largest absolute Gasteiger partial charge is 0.496 e. The fourth-order valence-electron chi connectivity index (χ4n) is 3.98. The average Bonchev–Trinajstić information content (AvgIpc) is 3.45. The number of aryl methyl sites for hydroxylation is 1. The van der Waals surface area contributed by atoms with Crippen molar-refractivity contribution in [3.8, 4) is 28.4 Å². The van der Waals surface area contributed by atoms with Crippen LogP contribution in [-0.2, 0) is 10.2 Å². The van der Waals surface area contributed by atoms with Gasteiger partial charge in [-0.1, -0.05) is 24.3 Å². The number of rotatable bonds is 5. The summed E-state index contributed by atoms with van der Waals surface area (Å²) in [6.07, 6.45) is 3.39. The van der Waals surface area contributed by atoms with E-state index >= 15 is 0 Å². The van der Waals surface area contributed by atoms with E-state index < -0.39 is 5.41 Å². The van der Waals surface area contributed by atoms with Gasteiger partial charge in [0.15, 0.2) is 11.5 Å². The van der Waals surface area contributed by atoms with E-state index in [1.165, 1.54) is 0 Å². The van der Waals surface area contributed by atoms with E-state index in [1.54, 1.807) is 13.3 Å². The van der Waals surface area contributed by atoms with E-state index in [4.69, 9.17) is 14.2 Å². The minimum absolute atomic E-state index is 0.0432. The average molecular weight is 402 g/mol. The molecule has 0 unspecified atom stereocenters. The first-order valence-electron chi connectivity index (χ1n) is 9.92. The zero-order valence-electron chi connectivity index (χ0n) is 16.9. The lowest BCUT2D eigenvalue weighted by molar-refractivity contribution is -0.118. The van der Waals surface area contributed by atoms with Gasteiger partial charge in [0, 0.05) is 17.3 Å². The first kappa shape index (κ1) is 18.5. The molecule has 0 bridgehead atoms. The molecule has 3 aromatic rings. The summed E-state index contributed by atoms with van der Waals surface area (Å²) < 4.78 is 16.3. The van der Waals surface area contributed by atoms with Crippen molar-refractivity contribution in [2.45, 2.75) is 25.2 Å². The lowest BCUT2D eigenvalue weighted by Gasteiger charge is -2.17. The second-order valence-electron chi connectivity index (χ2n) is 7.69. The van der Waals surface area contributed by atoms with Crippen molar-refractivity contribution in [3.63, 3.8) is 0 Å². The van der Waals surface area contributed by atoms with Gasteiger partial charge in [-0.3, -0.25) is 4.79 Å². The van der Waals surface area contributed by atoms with Crippen molar-refractivity contribution < 1.29 is 19.0 Å². The quantitative estimate of drug-likeness (QED) is 0.682. The number of para-hydroxylation sites is 1. The molecule has 2 aliphatic rings. The molecule has 1 N–H and O–H groups in total. The molecule has 0 spiro atoms. The molecule has 1 aliphatic heterocycles. The van der Waals surface area contributed by atoms with Gasteiger partial charge in [-0.2, -0.15) is 0 Å². The molecule has 1 fully saturated rings. The van der Waals surface area contributed by atoms with Crippen LogP contribution in [0.1, 0.15) is 24.0 Å². The Labute approximate surface area is 174 Å². The molecule has 0 radical (unpaired) electrons. The van der Waals surface area contributed by atoms with E-state index in [-0.39, 0.29) is 12.7 Å². The third-order valence-corrected chi connectivity index (χ3v) is 5.86. The van der Waals surface area contributed by atoms with Crippen molar-refractivity contribution in [2.24, 2.45) is 0 Å². The van der Waals surface area contributed by atoms with Gasteiger partial charge < -0.3 is 19.5 Å². The van der Waals surface area contributed by atoms with Crippen LogP contribution in [0.15, 0.2) is 54.7 Å². The van der Waals surface area contributed by atoms with Gasteiger partial charge >= 0.3 is 0 Å². The van der Waals surface area contributed by atoms with Crippen LogP contribution < -0.4 is 19.5 Å². The highest BCUT2D eigenvalue weighted by Crippen LogP contribution is 2.51. The van der Waals surface area contributed by atoms with Crippen molar-refractivity contribution in [1.29, 1.82) is 0 Å². The van der Waals surface area contributed by atoms with E-state index in [0.29, 0.717) is 11.6 Å². The number of carbonyl (C=O) groups excluding carboxylic acids is 1. The van der Waals surface area contributed by atoms with Crippen LogP contribution in [-0.4, -0.2) is 24.8 Å². The summed E-state index contributed by atoms with van der Waals surface area (Å²) >= 11 is 0. The number of carbonyl (C=O) groups is 1. The molecule has 0 saturated heterocycles. The molecule has 30 heavy (non-hydrogen) atoms. The summed E-state index contributed by atoms with van der Waals surface area (Å²) in [4.78, 5) is 17.6. The first-order chi connectivity index (χ1) is 14.6. The van der Waals surface area contributed by atoms with Crippen molar-refractivity contribution in [1.82, 2.24) is 4.98 Å². The lowest BCUT2D eigenvalue weighted by Crippen LogP contribution is -2.28. The molecule has 152 valence electrons. The molecule has 2 heterocycles. The minimum atomic E-state index is -0.530. The maximum absolute atomic E-state index is 13.1. The normalized spacial score (nSPS) is 15.5. The smallest absolute Gasteiger partial charge is 0.236 e. The van der Waals surface area contributed by atoms with Crippen LogP contribution in [0.25, 0.3) is 11.1 Å². The Hall–Kier alpha value is -3.54. The molecule has 2 aromatic carbocycles. The first-order valence-corrected chi connectivity index (χ1v) is 9.92. The molecule has 0 atom stereocenters. The van der Waals surface area contributed by atoms with Gasteiger partial charge in [0.05, 0.1) is 12.5 Å². The summed E-state index contributed by atoms with van der Waals surface area (Å²) in [5.41, 5.74) is 3.38. The second-order valence-corrected chi connectivity index (χ2v) is 7.69. The zero-order chi connectivity index (χ0) is 20.7. The summed E-state index contributed by atoms with van der Waals surface area (Å²) in [5, 5.41) is 3.01. The number of nitrogens with one attached hydrogen (secondary N) is 1. The molecule has 1 aromatic heterocycles. The predicted molar refractivity (Wildman–Crippen MR) is 113 cm³/mol. The van der Waals surface area contributed by atoms with Crippen molar-refractivity contribution in [3.05, 3.63) is 65.9 Å². The Balaban J connectivity index is 1.38. The van der Waals surface area contributed by atoms with Crippen LogP contribution in [0.5, 0.6) is 17.2 Å². The number of hydrogen-bond donors (Lipinski definition) is 1. The van der Waals surface area contributed by atoms with E-state index in [2.05, 4.69) is 10.3 Å². The Morgan fingerprint density at radius 1 is 1.07 bits per heavy atom. The fraction of sp³-hybridized carbons (Fsp3) is 0.250. The van der Waals surface area contributed by atoms with Crippen molar-refractivity contribution in [2.75, 3.05) is 19.2 Å². The van der Waals surface area contributed by atoms with E-state index in [9.17, 15) is 4.79 Å². The summed E-state index contributed by atoms with van der Waals surface area (Å²) in [5.74, 6) is 2.71. The maximum atomic E-state index is 13.1. The van der Waals surface area contributed by atoms with Gasteiger partial charge in [-0.15, -0.1) is 0 Å². The number of pyridine rings is 1. The molecular formula is C24H22N2O4. The van der Waals surface area contributed by atoms with Crippen LogP contribution in [0, 0.1) is 6.92 Å². The number of aromatic nitrogens is 1. The number of ether oxygens (including phenoxy) is 3. The van der Waals surface area contributed by atoms with Crippen LogP contribution in [0.4, 0.5) is 5.82 Å². The third kappa shape index (κ3) is 3.05. The van der Waals surface area contributed by atoms with Gasteiger partial charge in [0.1, 0.15) is 11.6 Å². The van der Waals surface area contributed by atoms with Crippen LogP contribution in [0.3, 0.4) is 0 Å². The maximum Gasteiger partial charge on any atom is 0.236 e. The number of benzene rings is 2. The predicted octanol–water partition coefficient (Wildman–Crippen LogP) is 4.46. The molecule has 6 nitrogen and oxygen atoms in total. The minimum Gasteiger partial charge on any atom is -0.496 e. The number of anilines is 1. The number of amides is 1. The SMILES string of the molecule is COc1ccccc1-c1cnc(NC(=O)C2(c3ccc4c(c3)OCO4)CC2)cc1C. The summed E-state index contributed by atoms with van der Waals surface area (Å²) in [7, 11) is 1.65. The van der Waals surface area contributed by atoms with Gasteiger partial charge in [-0.05, 0) is 55.2 Å². The van der Waals surface area contributed by atoms with Crippen LogP contribution >= 0.6 is 0 Å². The third-order valence-electron chi connectivity index (χ3n) is 5.86. The molecule has 1 saturated carbocycles. The molecule has 1 amide bonds. The second kappa shape index (κ2) is 7.06. The van der Waals surface area contributed by atoms with Crippen molar-refractivity contribution >= 4 is 11.7 Å². The fourth-order valence-corrected chi connectivity index (χ4v) is 3.98. The number of nitrogens with zero attached hydrogens (tertiary/aromatic N) is 1. The van der Waals surface area contributed by atoms with E-state index in [0.717, 1.165) is 46.6 Å². The van der Waals surface area contributed by atoms with Gasteiger partial charge in [0.2, 0.25) is 12.7 Å². The monoisotopic (exact) mass is 402 g/mol. The Morgan fingerprint density at radius 2 is 1.87 bits per heavy atom. The van der Waals surface area contributed by atoms with Crippen LogP contribution in [0.2, 0.25) is 0 Å². The highest BCUT2D eigenvalue weighted by molar-refractivity contribution is 6.01. The van der Waals surface area contributed by atoms with Gasteiger partial charge in [-0.25, -0.2) is 4.98 Å². The highest BCUT2D eigenvalue weighted by Gasteiger charge is 2.51. The Bertz CT molecular complexity index is 1140. The highest BCUT2D eigenvalue weighted by atomic mass is 16.7. The standard InChI is InChI=1S/C24H22N2O4/c1-15-11-22(25-13-18(15)17-5-3-4-6-19(17)28-2)26-23(27)24(9-10-24)16-7-8-20-21(12-16)30-14-29-20/h3-8,11-13H,9-10,14H2,1-2H3,(H,25,26,27). The Morgan fingerprint density at radius 3 is 2.63 bits per heavy atom. The molecule has 6 heteroatoms. The summed E-state index contributed by atoms with van der Waals surface area (Å²) in [6.45, 7) is 2.23. The number of fused-ring (bicyclic) bond motifs is 1. The topological polar surface area (TPSA) is 69.7 Å². The number of methoxy groups -OCH3 is 1. The Kier molecular flexibility index (Phi) is 4.35.